The van der Waals surface area contributed by atoms with Gasteiger partial charge in [0.05, 0.1) is 0 Å². The molecule has 2 heterocycles. The van der Waals surface area contributed by atoms with E-state index in [1.807, 2.05) is 57.2 Å². The number of allylic oxidation sites excluding steroid dienone is 6. The molecule has 3 aromatic carbocycles. The summed E-state index contributed by atoms with van der Waals surface area (Å²) in [6.07, 6.45) is 7.42. The molecule has 0 amide bonds. The van der Waals surface area contributed by atoms with Crippen LogP contribution >= 0.6 is 11.3 Å². The molecule has 0 unspecified atom stereocenters. The number of benzene rings is 3. The lowest BCUT2D eigenvalue weighted by Crippen LogP contribution is -2.15. The Hall–Kier alpha value is -5.10. The van der Waals surface area contributed by atoms with Crippen molar-refractivity contribution in [2.75, 3.05) is 4.90 Å². The van der Waals surface area contributed by atoms with Crippen LogP contribution in [0.2, 0.25) is 0 Å². The number of nitriles is 2. The van der Waals surface area contributed by atoms with Gasteiger partial charge in [0.2, 0.25) is 0 Å². The summed E-state index contributed by atoms with van der Waals surface area (Å²) in [5, 5.41) is 18.8. The molecule has 200 valence electrons. The molecule has 0 bridgehead atoms. The molecule has 5 heteroatoms. The molecule has 5 rings (SSSR count). The van der Waals surface area contributed by atoms with Crippen molar-refractivity contribution in [2.24, 2.45) is 5.41 Å². The molecule has 1 aromatic heterocycles. The largest absolute Gasteiger partial charge is 0.461 e. The molecule has 0 aliphatic carbocycles. The van der Waals surface area contributed by atoms with Gasteiger partial charge >= 0.3 is 0 Å². The Balaban J connectivity index is 1.38. The zero-order valence-electron chi connectivity index (χ0n) is 23.2. The summed E-state index contributed by atoms with van der Waals surface area (Å²) >= 11 is 1.69. The molecule has 0 radical (unpaired) electrons. The van der Waals surface area contributed by atoms with Crippen LogP contribution in [-0.4, -0.2) is 0 Å². The average molecular weight is 552 g/mol. The normalized spacial score (nSPS) is 13.0. The van der Waals surface area contributed by atoms with Crippen LogP contribution in [0.15, 0.2) is 138 Å². The number of nitrogens with zero attached hydrogens (tertiary/aromatic N) is 3. The molecule has 4 nitrogen and oxygen atoms in total. The smallest absolute Gasteiger partial charge is 0.137 e. The first-order valence-corrected chi connectivity index (χ1v) is 14.1. The molecule has 0 fully saturated rings. The van der Waals surface area contributed by atoms with Gasteiger partial charge in [-0.2, -0.15) is 10.5 Å². The third-order valence-electron chi connectivity index (χ3n) is 6.54. The van der Waals surface area contributed by atoms with E-state index < -0.39 is 0 Å². The van der Waals surface area contributed by atoms with Gasteiger partial charge in [0.1, 0.15) is 29.2 Å². The van der Waals surface area contributed by atoms with E-state index in [1.54, 1.807) is 23.5 Å². The monoisotopic (exact) mass is 551 g/mol. The van der Waals surface area contributed by atoms with Gasteiger partial charge in [-0.1, -0.05) is 69.3 Å². The molecule has 1 aliphatic heterocycles. The summed E-state index contributed by atoms with van der Waals surface area (Å²) < 4.78 is 6.12. The highest BCUT2D eigenvalue weighted by atomic mass is 32.1. The minimum Gasteiger partial charge on any atom is -0.461 e. The Kier molecular flexibility index (Phi) is 8.01. The van der Waals surface area contributed by atoms with Crippen molar-refractivity contribution in [2.45, 2.75) is 20.8 Å². The summed E-state index contributed by atoms with van der Waals surface area (Å²) in [6, 6.07) is 37.5. The molecule has 0 N–H and O–H groups in total. The molecule has 0 saturated carbocycles. The highest BCUT2D eigenvalue weighted by Crippen LogP contribution is 2.37. The fourth-order valence-corrected chi connectivity index (χ4v) is 5.33. The third kappa shape index (κ3) is 6.39. The average Bonchev–Trinajstić information content (AvgIpc) is 3.47. The van der Waals surface area contributed by atoms with Gasteiger partial charge in [0.25, 0.3) is 0 Å². The van der Waals surface area contributed by atoms with E-state index in [9.17, 15) is 10.5 Å². The maximum absolute atomic E-state index is 9.39. The van der Waals surface area contributed by atoms with E-state index in [0.717, 1.165) is 32.4 Å². The highest BCUT2D eigenvalue weighted by Gasteiger charge is 2.24. The Morgan fingerprint density at radius 3 is 1.88 bits per heavy atom. The number of para-hydroxylation sites is 2. The van der Waals surface area contributed by atoms with E-state index in [0.29, 0.717) is 17.1 Å². The molecular formula is C36H29N3OS. The van der Waals surface area contributed by atoms with E-state index in [4.69, 9.17) is 4.74 Å². The van der Waals surface area contributed by atoms with Crippen LogP contribution in [0.25, 0.3) is 16.5 Å². The van der Waals surface area contributed by atoms with Crippen LogP contribution in [0, 0.1) is 28.1 Å². The van der Waals surface area contributed by atoms with E-state index in [1.165, 1.54) is 0 Å². The van der Waals surface area contributed by atoms with Gasteiger partial charge in [-0.3, -0.25) is 0 Å². The van der Waals surface area contributed by atoms with E-state index >= 15 is 0 Å². The Morgan fingerprint density at radius 1 is 0.732 bits per heavy atom. The third-order valence-corrected chi connectivity index (χ3v) is 7.64. The minimum atomic E-state index is -0.270. The van der Waals surface area contributed by atoms with Crippen molar-refractivity contribution in [3.63, 3.8) is 0 Å². The molecular weight excluding hydrogens is 522 g/mol. The second-order valence-electron chi connectivity index (χ2n) is 10.6. The van der Waals surface area contributed by atoms with E-state index in [2.05, 4.69) is 89.8 Å². The van der Waals surface area contributed by atoms with Crippen LogP contribution in [0.1, 0.15) is 25.6 Å². The van der Waals surface area contributed by atoms with Crippen molar-refractivity contribution in [3.8, 4) is 22.6 Å². The molecule has 0 spiro atoms. The number of thiophene rings is 1. The molecule has 4 aromatic rings. The number of hydrogen-bond acceptors (Lipinski definition) is 5. The summed E-state index contributed by atoms with van der Waals surface area (Å²) in [5.74, 6) is 1.31. The van der Waals surface area contributed by atoms with Crippen LogP contribution in [0.5, 0.6) is 0 Å². The van der Waals surface area contributed by atoms with Crippen molar-refractivity contribution >= 4 is 34.5 Å². The Bertz CT molecular complexity index is 1680. The van der Waals surface area contributed by atoms with Crippen LogP contribution in [0.4, 0.5) is 17.1 Å². The van der Waals surface area contributed by atoms with Crippen molar-refractivity contribution in [3.05, 3.63) is 143 Å². The van der Waals surface area contributed by atoms with Crippen molar-refractivity contribution in [1.29, 1.82) is 10.5 Å². The zero-order valence-corrected chi connectivity index (χ0v) is 24.0. The van der Waals surface area contributed by atoms with E-state index in [-0.39, 0.29) is 11.0 Å². The summed E-state index contributed by atoms with van der Waals surface area (Å²) in [5.41, 5.74) is 4.81. The summed E-state index contributed by atoms with van der Waals surface area (Å²) in [4.78, 5) is 4.48. The van der Waals surface area contributed by atoms with Crippen LogP contribution in [0.3, 0.4) is 0 Å². The number of hydrogen-bond donors (Lipinski definition) is 0. The van der Waals surface area contributed by atoms with Gasteiger partial charge in [-0.05, 0) is 78.4 Å². The first-order chi connectivity index (χ1) is 19.9. The second kappa shape index (κ2) is 12.0. The SMILES string of the molecule is CC(C)(C)C1=CC(=C(C#N)C#N)C=C(/C=C/c2ccc(-c3ccc(N(c4ccccc4)c4ccccc4)cc3)s2)O1. The number of ether oxygens (including phenoxy) is 1. The Morgan fingerprint density at radius 2 is 1.32 bits per heavy atom. The molecule has 0 atom stereocenters. The quantitative estimate of drug-likeness (QED) is 0.224. The first-order valence-electron chi connectivity index (χ1n) is 13.3. The maximum Gasteiger partial charge on any atom is 0.137 e. The van der Waals surface area contributed by atoms with Crippen molar-refractivity contribution < 1.29 is 4.74 Å². The van der Waals surface area contributed by atoms with Gasteiger partial charge in [0.15, 0.2) is 0 Å². The second-order valence-corrected chi connectivity index (χ2v) is 11.7. The summed E-state index contributed by atoms with van der Waals surface area (Å²) in [7, 11) is 0. The molecule has 1 aliphatic rings. The van der Waals surface area contributed by atoms with Gasteiger partial charge < -0.3 is 9.64 Å². The Labute approximate surface area is 245 Å². The lowest BCUT2D eigenvalue weighted by Gasteiger charge is -2.26. The fraction of sp³-hybridized carbons (Fsp3) is 0.111. The maximum atomic E-state index is 9.39. The zero-order chi connectivity index (χ0) is 28.8. The first kappa shape index (κ1) is 27.5. The highest BCUT2D eigenvalue weighted by molar-refractivity contribution is 7.16. The van der Waals surface area contributed by atoms with Crippen LogP contribution < -0.4 is 4.90 Å². The number of anilines is 3. The predicted octanol–water partition coefficient (Wildman–Crippen LogP) is 10.1. The molecule has 41 heavy (non-hydrogen) atoms. The topological polar surface area (TPSA) is 60.0 Å². The fourth-order valence-electron chi connectivity index (χ4n) is 4.41. The van der Waals surface area contributed by atoms with Crippen LogP contribution in [-0.2, 0) is 4.74 Å². The van der Waals surface area contributed by atoms with Crippen molar-refractivity contribution in [1.82, 2.24) is 0 Å². The van der Waals surface area contributed by atoms with Gasteiger partial charge in [-0.25, -0.2) is 0 Å². The number of rotatable bonds is 6. The lowest BCUT2D eigenvalue weighted by molar-refractivity contribution is 0.223. The predicted molar refractivity (Wildman–Crippen MR) is 168 cm³/mol. The van der Waals surface area contributed by atoms with Gasteiger partial charge in [-0.15, -0.1) is 11.3 Å². The lowest BCUT2D eigenvalue weighted by atomic mass is 9.90. The minimum absolute atomic E-state index is 0.0703. The molecule has 0 saturated heterocycles. The summed E-state index contributed by atoms with van der Waals surface area (Å²) in [6.45, 7) is 6.12. The standard InChI is InChI=1S/C36H29N3OS/c1-36(2,3)35-23-27(28(24-37)25-38)22-32(40-35)18-19-33-20-21-34(41-33)26-14-16-31(17-15-26)39(29-10-6-4-7-11-29)30-12-8-5-9-13-30/h4-23H,1-3H3/b19-18+. The van der Waals surface area contributed by atoms with Gasteiger partial charge in [0, 0.05) is 37.8 Å².